The van der Waals surface area contributed by atoms with E-state index in [-0.39, 0.29) is 21.5 Å². The van der Waals surface area contributed by atoms with Gasteiger partial charge in [-0.2, -0.15) is 31.4 Å². The summed E-state index contributed by atoms with van der Waals surface area (Å²) in [5, 5.41) is 7.44. The zero-order valence-electron chi connectivity index (χ0n) is 16.8. The molecule has 8 nitrogen and oxygen atoms in total. The molecule has 0 aromatic carbocycles. The first-order valence-corrected chi connectivity index (χ1v) is 10.6. The van der Waals surface area contributed by atoms with Gasteiger partial charge in [0.25, 0.3) is 10.0 Å². The summed E-state index contributed by atoms with van der Waals surface area (Å²) in [5.74, 6) is -0.476. The molecule has 0 spiro atoms. The average molecular weight is 482 g/mol. The van der Waals surface area contributed by atoms with E-state index in [1.54, 1.807) is 0 Å². The van der Waals surface area contributed by atoms with E-state index < -0.39 is 58.5 Å². The van der Waals surface area contributed by atoms with E-state index in [2.05, 4.69) is 15.2 Å². The Morgan fingerprint density at radius 1 is 1.09 bits per heavy atom. The molecule has 0 fully saturated rings. The van der Waals surface area contributed by atoms with E-state index in [0.717, 1.165) is 4.31 Å². The number of hydrogen-bond acceptors (Lipinski definition) is 5. The predicted octanol–water partition coefficient (Wildman–Crippen LogP) is 3.50. The molecule has 0 saturated carbocycles. The number of aromatic nitrogens is 5. The van der Waals surface area contributed by atoms with Crippen molar-refractivity contribution >= 4 is 26.9 Å². The highest BCUT2D eigenvalue weighted by Crippen LogP contribution is 2.45. The molecule has 0 bridgehead atoms. The predicted molar refractivity (Wildman–Crippen MR) is 99.5 cm³/mol. The van der Waals surface area contributed by atoms with E-state index in [4.69, 9.17) is 0 Å². The molecule has 1 aliphatic heterocycles. The summed E-state index contributed by atoms with van der Waals surface area (Å²) in [5.41, 5.74) is -1.94. The Kier molecular flexibility index (Phi) is 4.77. The summed E-state index contributed by atoms with van der Waals surface area (Å²) >= 11 is 0. The Balaban J connectivity index is 2.02. The molecule has 3 aromatic rings. The van der Waals surface area contributed by atoms with Crippen LogP contribution in [0.15, 0.2) is 17.2 Å². The minimum absolute atomic E-state index is 0.102. The summed E-state index contributed by atoms with van der Waals surface area (Å²) in [6, 6.07) is -1.57. The molecule has 0 radical (unpaired) electrons. The van der Waals surface area contributed by atoms with Crippen molar-refractivity contribution in [2.75, 3.05) is 10.8 Å². The number of rotatable bonds is 2. The molecule has 0 amide bonds. The van der Waals surface area contributed by atoms with Crippen molar-refractivity contribution in [2.24, 2.45) is 7.05 Å². The largest absolute Gasteiger partial charge is 0.433 e. The molecule has 32 heavy (non-hydrogen) atoms. The first kappa shape index (κ1) is 22.4. The maximum absolute atomic E-state index is 13.7. The van der Waals surface area contributed by atoms with Gasteiger partial charge in [-0.05, 0) is 31.9 Å². The molecule has 15 heteroatoms. The summed E-state index contributed by atoms with van der Waals surface area (Å²) in [6.45, 7) is 2.11. The number of pyridine rings is 1. The molecular weight excluding hydrogens is 466 g/mol. The number of hydrogen-bond donors (Lipinski definition) is 0. The average Bonchev–Trinajstić information content (AvgIpc) is 3.19. The van der Waals surface area contributed by atoms with Gasteiger partial charge in [-0.1, -0.05) is 0 Å². The highest BCUT2D eigenvalue weighted by atomic mass is 32.2. The van der Waals surface area contributed by atoms with Crippen LogP contribution in [0, 0.1) is 13.8 Å². The second-order valence-corrected chi connectivity index (χ2v) is 9.30. The normalized spacial score (nSPS) is 17.8. The second kappa shape index (κ2) is 6.83. The van der Waals surface area contributed by atoms with E-state index >= 15 is 0 Å². The van der Waals surface area contributed by atoms with Crippen LogP contribution in [0.4, 0.5) is 32.2 Å². The lowest BCUT2D eigenvalue weighted by Gasteiger charge is -2.34. The molecular formula is C17H16F6N6O2S. The van der Waals surface area contributed by atoms with E-state index in [0.29, 0.717) is 10.7 Å². The Morgan fingerprint density at radius 2 is 1.75 bits per heavy atom. The lowest BCUT2D eigenvalue weighted by molar-refractivity contribution is -0.172. The van der Waals surface area contributed by atoms with Crippen LogP contribution < -0.4 is 4.31 Å². The van der Waals surface area contributed by atoms with Gasteiger partial charge in [0.05, 0.1) is 11.1 Å². The fourth-order valence-electron chi connectivity index (χ4n) is 3.82. The van der Waals surface area contributed by atoms with Gasteiger partial charge in [0.2, 0.25) is 0 Å². The van der Waals surface area contributed by atoms with E-state index in [1.165, 1.54) is 31.8 Å². The van der Waals surface area contributed by atoms with Gasteiger partial charge >= 0.3 is 12.4 Å². The standard InChI is InChI=1S/C17H16F6N6O2S/c1-8-6-11(16(18,19)20)24-14-13(8)15-28(5-4-12(17(21,22)23)29(15)26-14)32(30,31)10-7-27(3)25-9(10)2/h6-7,12H,4-5H2,1-3H3/t12-/m1/s1. The number of halogens is 6. The van der Waals surface area contributed by atoms with Crippen LogP contribution in [0.5, 0.6) is 0 Å². The van der Waals surface area contributed by atoms with Gasteiger partial charge in [0.15, 0.2) is 17.5 Å². The Labute approximate surface area is 177 Å². The van der Waals surface area contributed by atoms with Crippen molar-refractivity contribution in [3.63, 3.8) is 0 Å². The van der Waals surface area contributed by atoms with Gasteiger partial charge in [0.1, 0.15) is 10.6 Å². The van der Waals surface area contributed by atoms with Crippen molar-refractivity contribution in [2.45, 2.75) is 43.6 Å². The highest BCUT2D eigenvalue weighted by molar-refractivity contribution is 7.92. The number of anilines is 1. The summed E-state index contributed by atoms with van der Waals surface area (Å²) < 4.78 is 110. The van der Waals surface area contributed by atoms with Gasteiger partial charge in [-0.3, -0.25) is 4.68 Å². The third-order valence-corrected chi connectivity index (χ3v) is 7.07. The lowest BCUT2D eigenvalue weighted by Crippen LogP contribution is -2.43. The molecule has 3 aromatic heterocycles. The smallest absolute Gasteiger partial charge is 0.274 e. The van der Waals surface area contributed by atoms with Crippen LogP contribution in [0.25, 0.3) is 11.0 Å². The molecule has 0 unspecified atom stereocenters. The summed E-state index contributed by atoms with van der Waals surface area (Å²) in [4.78, 5) is 3.14. The topological polar surface area (TPSA) is 85.9 Å². The SMILES string of the molecule is Cc1nn(C)cc1S(=O)(=O)N1CC[C@H](C(F)(F)F)n2nc3nc(C(F)(F)F)cc(C)c3c21. The zero-order chi connectivity index (χ0) is 23.8. The molecule has 174 valence electrons. The quantitative estimate of drug-likeness (QED) is 0.522. The van der Waals surface area contributed by atoms with Crippen LogP contribution >= 0.6 is 0 Å². The van der Waals surface area contributed by atoms with E-state index in [9.17, 15) is 34.8 Å². The monoisotopic (exact) mass is 482 g/mol. The minimum Gasteiger partial charge on any atom is -0.274 e. The van der Waals surface area contributed by atoms with Gasteiger partial charge in [0, 0.05) is 19.8 Å². The van der Waals surface area contributed by atoms with Crippen LogP contribution in [0.1, 0.15) is 29.4 Å². The fourth-order valence-corrected chi connectivity index (χ4v) is 5.51. The van der Waals surface area contributed by atoms with Crippen molar-refractivity contribution in [3.05, 3.63) is 29.2 Å². The first-order valence-electron chi connectivity index (χ1n) is 9.19. The molecule has 1 aliphatic rings. The van der Waals surface area contributed by atoms with Crippen molar-refractivity contribution in [1.82, 2.24) is 24.5 Å². The number of fused-ring (bicyclic) bond motifs is 3. The number of sulfonamides is 1. The summed E-state index contributed by atoms with van der Waals surface area (Å²) in [7, 11) is -2.92. The third kappa shape index (κ3) is 3.38. The first-order chi connectivity index (χ1) is 14.6. The van der Waals surface area contributed by atoms with Crippen LogP contribution in [-0.2, 0) is 23.2 Å². The lowest BCUT2D eigenvalue weighted by atomic mass is 10.1. The van der Waals surface area contributed by atoms with Crippen molar-refractivity contribution in [1.29, 1.82) is 0 Å². The maximum Gasteiger partial charge on any atom is 0.433 e. The van der Waals surface area contributed by atoms with Crippen molar-refractivity contribution < 1.29 is 34.8 Å². The van der Waals surface area contributed by atoms with Crippen LogP contribution in [-0.4, -0.2) is 45.7 Å². The number of nitrogens with zero attached hydrogens (tertiary/aromatic N) is 6. The maximum atomic E-state index is 13.7. The zero-order valence-corrected chi connectivity index (χ0v) is 17.6. The molecule has 4 rings (SSSR count). The van der Waals surface area contributed by atoms with Crippen LogP contribution in [0.2, 0.25) is 0 Å². The Bertz CT molecular complexity index is 1320. The van der Waals surface area contributed by atoms with E-state index in [1.807, 2.05) is 0 Å². The Morgan fingerprint density at radius 3 is 2.28 bits per heavy atom. The van der Waals surface area contributed by atoms with Gasteiger partial charge < -0.3 is 0 Å². The summed E-state index contributed by atoms with van der Waals surface area (Å²) in [6.07, 6.45) is -9.13. The number of alkyl halides is 6. The van der Waals surface area contributed by atoms with Crippen molar-refractivity contribution in [3.8, 4) is 0 Å². The third-order valence-electron chi connectivity index (χ3n) is 5.18. The fraction of sp³-hybridized carbons (Fsp3) is 0.471. The minimum atomic E-state index is -4.86. The molecule has 0 aliphatic carbocycles. The second-order valence-electron chi connectivity index (χ2n) is 7.46. The Hall–Kier alpha value is -2.84. The van der Waals surface area contributed by atoms with Crippen LogP contribution in [0.3, 0.4) is 0 Å². The van der Waals surface area contributed by atoms with Gasteiger partial charge in [-0.25, -0.2) is 22.4 Å². The number of aryl methyl sites for hydroxylation is 3. The highest BCUT2D eigenvalue weighted by Gasteiger charge is 2.49. The van der Waals surface area contributed by atoms with Gasteiger partial charge in [-0.15, -0.1) is 5.10 Å². The molecule has 4 heterocycles. The molecule has 1 atom stereocenters. The molecule has 0 N–H and O–H groups in total. The molecule has 0 saturated heterocycles.